The number of hydrogen-bond acceptors (Lipinski definition) is 10. The van der Waals surface area contributed by atoms with Crippen LogP contribution in [-0.2, 0) is 33.4 Å². The van der Waals surface area contributed by atoms with E-state index in [0.717, 1.165) is 25.2 Å². The Labute approximate surface area is 175 Å². The van der Waals surface area contributed by atoms with Crippen LogP contribution in [0.15, 0.2) is 17.0 Å². The highest BCUT2D eigenvalue weighted by Crippen LogP contribution is 2.12. The second-order valence-electron chi connectivity index (χ2n) is 7.12. The summed E-state index contributed by atoms with van der Waals surface area (Å²) in [7, 11) is 3.59. The van der Waals surface area contributed by atoms with Crippen LogP contribution in [0.25, 0.3) is 0 Å². The van der Waals surface area contributed by atoms with Gasteiger partial charge in [-0.3, -0.25) is 4.90 Å². The first-order valence-corrected chi connectivity index (χ1v) is 8.92. The van der Waals surface area contributed by atoms with Crippen molar-refractivity contribution in [1.29, 1.82) is 0 Å². The first-order valence-electron chi connectivity index (χ1n) is 8.92. The van der Waals surface area contributed by atoms with E-state index in [2.05, 4.69) is 14.6 Å². The summed E-state index contributed by atoms with van der Waals surface area (Å²) in [5, 5.41) is 13.0. The number of aliphatic hydroxyl groups is 1. The number of amides is 1. The number of esters is 2. The lowest BCUT2D eigenvalue weighted by molar-refractivity contribution is -0.142. The molecule has 0 aliphatic heterocycles. The van der Waals surface area contributed by atoms with Crippen molar-refractivity contribution in [2.75, 3.05) is 34.5 Å². The number of oxime groups is 1. The zero-order valence-electron chi connectivity index (χ0n) is 18.3. The average molecular weight is 433 g/mol. The van der Waals surface area contributed by atoms with Crippen LogP contribution in [0.5, 0.6) is 0 Å². The number of aliphatic hydroxyl groups excluding tert-OH is 1. The van der Waals surface area contributed by atoms with Crippen LogP contribution in [0.2, 0.25) is 0 Å². The molecule has 0 saturated heterocycles. The Hall–Kier alpha value is -2.86. The Morgan fingerprint density at radius 2 is 1.77 bits per heavy atom. The summed E-state index contributed by atoms with van der Waals surface area (Å²) < 4.78 is 19.6. The maximum absolute atomic E-state index is 12.4. The summed E-state index contributed by atoms with van der Waals surface area (Å²) >= 11 is 0. The van der Waals surface area contributed by atoms with Gasteiger partial charge in [-0.05, 0) is 27.7 Å². The normalized spacial score (nSPS) is 14.4. The van der Waals surface area contributed by atoms with Crippen molar-refractivity contribution in [3.63, 3.8) is 0 Å². The minimum Gasteiger partial charge on any atom is -0.466 e. The van der Waals surface area contributed by atoms with E-state index in [4.69, 9.17) is 20.0 Å². The Kier molecular flexibility index (Phi) is 11.4. The number of amidine groups is 1. The van der Waals surface area contributed by atoms with E-state index < -0.39 is 41.5 Å². The highest BCUT2D eigenvalue weighted by Gasteiger charge is 2.29. The Bertz CT molecular complexity index is 654. The van der Waals surface area contributed by atoms with E-state index in [9.17, 15) is 19.5 Å². The summed E-state index contributed by atoms with van der Waals surface area (Å²) in [4.78, 5) is 41.5. The van der Waals surface area contributed by atoms with Crippen molar-refractivity contribution in [3.05, 3.63) is 11.8 Å². The van der Waals surface area contributed by atoms with Crippen molar-refractivity contribution < 1.29 is 43.3 Å². The first-order chi connectivity index (χ1) is 13.8. The summed E-state index contributed by atoms with van der Waals surface area (Å²) in [6.07, 6.45) is -0.746. The standard InChI is InChI=1S/C18H31N3O9/c1-11(22)9-28-10-12(21(5)17(25)29-18(2,3)4)15(19)20-30-13(16(24)27-7)8-14(23)26-6/h8,11-12,22H,9-10H2,1-7H3,(H2,19,20)/t11-,12?/m1/s1. The molecule has 0 heterocycles. The maximum atomic E-state index is 12.4. The molecule has 0 aromatic heterocycles. The minimum absolute atomic E-state index is 0.0253. The average Bonchev–Trinajstić information content (AvgIpc) is 2.65. The largest absolute Gasteiger partial charge is 0.466 e. The molecule has 12 heteroatoms. The summed E-state index contributed by atoms with van der Waals surface area (Å²) in [5.41, 5.74) is 5.16. The quantitative estimate of drug-likeness (QED) is 0.0922. The number of likely N-dealkylation sites (N-methyl/N-ethyl adjacent to an activating group) is 1. The maximum Gasteiger partial charge on any atom is 0.410 e. The van der Waals surface area contributed by atoms with E-state index in [1.165, 1.54) is 14.0 Å². The van der Waals surface area contributed by atoms with Gasteiger partial charge in [-0.15, -0.1) is 0 Å². The molecule has 2 atom stereocenters. The number of nitrogens with two attached hydrogens (primary N) is 1. The van der Waals surface area contributed by atoms with Crippen molar-refractivity contribution in [3.8, 4) is 0 Å². The molecule has 0 aromatic rings. The molecular weight excluding hydrogens is 402 g/mol. The number of carbonyl (C=O) groups excluding carboxylic acids is 3. The number of hydrogen-bond donors (Lipinski definition) is 2. The summed E-state index contributed by atoms with van der Waals surface area (Å²) in [6, 6.07) is -0.976. The predicted octanol–water partition coefficient (Wildman–Crippen LogP) is 0.138. The van der Waals surface area contributed by atoms with Crippen molar-refractivity contribution >= 4 is 23.9 Å². The second kappa shape index (κ2) is 12.6. The molecule has 0 bridgehead atoms. The zero-order valence-corrected chi connectivity index (χ0v) is 18.3. The molecule has 0 saturated carbocycles. The molecule has 0 aliphatic rings. The van der Waals surface area contributed by atoms with Crippen LogP contribution < -0.4 is 5.73 Å². The van der Waals surface area contributed by atoms with E-state index in [0.29, 0.717) is 0 Å². The summed E-state index contributed by atoms with van der Waals surface area (Å²) in [5.74, 6) is -2.74. The van der Waals surface area contributed by atoms with Gasteiger partial charge in [0.1, 0.15) is 11.6 Å². The van der Waals surface area contributed by atoms with Crippen molar-refractivity contribution in [2.24, 2.45) is 10.9 Å². The van der Waals surface area contributed by atoms with Gasteiger partial charge in [-0.25, -0.2) is 14.4 Å². The molecule has 0 aliphatic carbocycles. The van der Waals surface area contributed by atoms with Gasteiger partial charge in [-0.2, -0.15) is 0 Å². The monoisotopic (exact) mass is 433 g/mol. The topological polar surface area (TPSA) is 159 Å². The Morgan fingerprint density at radius 3 is 2.23 bits per heavy atom. The van der Waals surface area contributed by atoms with Gasteiger partial charge < -0.3 is 34.6 Å². The number of methoxy groups -OCH3 is 2. The fourth-order valence-electron chi connectivity index (χ4n) is 1.76. The molecule has 1 unspecified atom stereocenters. The van der Waals surface area contributed by atoms with Crippen LogP contribution in [0, 0.1) is 0 Å². The first kappa shape index (κ1) is 27.1. The molecule has 0 spiro atoms. The Balaban J connectivity index is 5.62. The van der Waals surface area contributed by atoms with Gasteiger partial charge in [0.25, 0.3) is 0 Å². The highest BCUT2D eigenvalue weighted by atomic mass is 16.7. The van der Waals surface area contributed by atoms with Gasteiger partial charge in [-0.1, -0.05) is 5.16 Å². The molecule has 172 valence electrons. The van der Waals surface area contributed by atoms with E-state index in [1.54, 1.807) is 20.8 Å². The SMILES string of the molecule is COC(=O)C=C(ON=C(N)C(COC[C@@H](C)O)N(C)C(=O)OC(C)(C)C)C(=O)OC. The molecular formula is C18H31N3O9. The van der Waals surface area contributed by atoms with Gasteiger partial charge in [0.15, 0.2) is 5.84 Å². The lowest BCUT2D eigenvalue weighted by atomic mass is 10.2. The van der Waals surface area contributed by atoms with Gasteiger partial charge in [0, 0.05) is 7.05 Å². The fraction of sp³-hybridized carbons (Fsp3) is 0.667. The lowest BCUT2D eigenvalue weighted by Crippen LogP contribution is -2.50. The molecule has 30 heavy (non-hydrogen) atoms. The number of ether oxygens (including phenoxy) is 4. The van der Waals surface area contributed by atoms with Crippen molar-refractivity contribution in [1.82, 2.24) is 4.90 Å². The molecule has 0 fully saturated rings. The smallest absolute Gasteiger partial charge is 0.410 e. The fourth-order valence-corrected chi connectivity index (χ4v) is 1.76. The van der Waals surface area contributed by atoms with Crippen LogP contribution in [0.3, 0.4) is 0 Å². The van der Waals surface area contributed by atoms with Gasteiger partial charge in [0.2, 0.25) is 5.76 Å². The van der Waals surface area contributed by atoms with E-state index >= 15 is 0 Å². The minimum atomic E-state index is -1.00. The number of nitrogens with zero attached hydrogens (tertiary/aromatic N) is 2. The van der Waals surface area contributed by atoms with Crippen LogP contribution >= 0.6 is 0 Å². The van der Waals surface area contributed by atoms with Crippen LogP contribution in [-0.4, -0.2) is 86.1 Å². The van der Waals surface area contributed by atoms with E-state index in [1.807, 2.05) is 0 Å². The third-order valence-electron chi connectivity index (χ3n) is 3.21. The van der Waals surface area contributed by atoms with Gasteiger partial charge in [0.05, 0.1) is 39.6 Å². The summed E-state index contributed by atoms with van der Waals surface area (Å²) in [6.45, 7) is 6.42. The molecule has 0 aromatic carbocycles. The van der Waals surface area contributed by atoms with E-state index in [-0.39, 0.29) is 19.0 Å². The predicted molar refractivity (Wildman–Crippen MR) is 105 cm³/mol. The zero-order chi connectivity index (χ0) is 23.5. The lowest BCUT2D eigenvalue weighted by Gasteiger charge is -2.30. The number of rotatable bonds is 10. The molecule has 3 N–H and O–H groups in total. The van der Waals surface area contributed by atoms with Gasteiger partial charge >= 0.3 is 18.0 Å². The molecule has 0 radical (unpaired) electrons. The second-order valence-corrected chi connectivity index (χ2v) is 7.12. The Morgan fingerprint density at radius 1 is 1.17 bits per heavy atom. The third kappa shape index (κ3) is 10.6. The van der Waals surface area contributed by atoms with Crippen molar-refractivity contribution in [2.45, 2.75) is 45.4 Å². The number of carbonyl (C=O) groups is 3. The highest BCUT2D eigenvalue weighted by molar-refractivity contribution is 5.95. The molecule has 0 rings (SSSR count). The molecule has 12 nitrogen and oxygen atoms in total. The van der Waals surface area contributed by atoms with Crippen LogP contribution in [0.4, 0.5) is 4.79 Å². The molecule has 1 amide bonds. The third-order valence-corrected chi connectivity index (χ3v) is 3.21. The van der Waals surface area contributed by atoms with Crippen LogP contribution in [0.1, 0.15) is 27.7 Å².